The van der Waals surface area contributed by atoms with E-state index in [-0.39, 0.29) is 5.60 Å². The molecule has 0 radical (unpaired) electrons. The Balaban J connectivity index is 0.000000318. The van der Waals surface area contributed by atoms with E-state index >= 15 is 0 Å². The first kappa shape index (κ1) is 22.8. The number of aryl methyl sites for hydroxylation is 2. The summed E-state index contributed by atoms with van der Waals surface area (Å²) in [4.78, 5) is 14.4. The predicted octanol–water partition coefficient (Wildman–Crippen LogP) is 3.96. The molecule has 2 fully saturated rings. The molecule has 30 heavy (non-hydrogen) atoms. The zero-order chi connectivity index (χ0) is 21.9. The molecule has 2 aliphatic heterocycles. The number of piperidine rings is 1. The number of likely N-dealkylation sites (tertiary alicyclic amines) is 1. The average molecular weight is 446 g/mol. The lowest BCUT2D eigenvalue weighted by atomic mass is 9.84. The van der Waals surface area contributed by atoms with E-state index in [9.17, 15) is 13.2 Å². The molecular weight excluding hydrogens is 419 g/mol. The Labute approximate surface area is 177 Å². The molecule has 166 valence electrons. The Morgan fingerprint density at radius 3 is 2.53 bits per heavy atom. The minimum atomic E-state index is -5.08. The van der Waals surface area contributed by atoms with Gasteiger partial charge in [0.2, 0.25) is 0 Å². The molecule has 4 rings (SSSR count). The van der Waals surface area contributed by atoms with Crippen LogP contribution in [0.15, 0.2) is 24.5 Å². The van der Waals surface area contributed by atoms with Crippen molar-refractivity contribution in [1.82, 2.24) is 14.7 Å². The summed E-state index contributed by atoms with van der Waals surface area (Å²) in [5.74, 6) is -2.23. The van der Waals surface area contributed by atoms with Crippen LogP contribution in [0, 0.1) is 6.92 Å². The molecule has 1 unspecified atom stereocenters. The largest absolute Gasteiger partial charge is 0.490 e. The molecule has 2 saturated heterocycles. The molecular formula is C20H26F3N3O3S. The van der Waals surface area contributed by atoms with Crippen molar-refractivity contribution in [3.05, 3.63) is 39.8 Å². The standard InChI is InChI=1S/C18H25N3OS.C2HF3O2/c1-14-3-4-17(23-14)12-21-7-5-18(6-8-21)9-15(13-22-18)16-10-19-20(2)11-16;3-2(4,5)1(6)7/h3-4,10-11,15H,5-9,12-13H2,1-2H3;(H,6,7). The van der Waals surface area contributed by atoms with Gasteiger partial charge in [-0.25, -0.2) is 4.79 Å². The fraction of sp³-hybridized carbons (Fsp3) is 0.600. The van der Waals surface area contributed by atoms with Crippen molar-refractivity contribution in [2.24, 2.45) is 7.05 Å². The van der Waals surface area contributed by atoms with Gasteiger partial charge in [0.15, 0.2) is 0 Å². The van der Waals surface area contributed by atoms with Crippen LogP contribution >= 0.6 is 11.3 Å². The van der Waals surface area contributed by atoms with Crippen LogP contribution in [-0.2, 0) is 23.1 Å². The lowest BCUT2D eigenvalue weighted by molar-refractivity contribution is -0.192. The van der Waals surface area contributed by atoms with Crippen LogP contribution < -0.4 is 0 Å². The van der Waals surface area contributed by atoms with E-state index in [1.807, 2.05) is 29.3 Å². The van der Waals surface area contributed by atoms with Gasteiger partial charge < -0.3 is 9.84 Å². The zero-order valence-electron chi connectivity index (χ0n) is 17.0. The third kappa shape index (κ3) is 5.83. The molecule has 1 N–H and O–H groups in total. The van der Waals surface area contributed by atoms with Crippen LogP contribution in [0.2, 0.25) is 0 Å². The summed E-state index contributed by atoms with van der Waals surface area (Å²) in [6.45, 7) is 6.44. The van der Waals surface area contributed by atoms with E-state index in [0.717, 1.165) is 45.5 Å². The highest BCUT2D eigenvalue weighted by Gasteiger charge is 2.43. The summed E-state index contributed by atoms with van der Waals surface area (Å²) in [6, 6.07) is 4.50. The van der Waals surface area contributed by atoms with Gasteiger partial charge in [-0.15, -0.1) is 11.3 Å². The molecule has 0 saturated carbocycles. The topological polar surface area (TPSA) is 67.6 Å². The van der Waals surface area contributed by atoms with Gasteiger partial charge in [0.25, 0.3) is 0 Å². The second kappa shape index (κ2) is 9.07. The summed E-state index contributed by atoms with van der Waals surface area (Å²) in [7, 11) is 1.99. The van der Waals surface area contributed by atoms with Gasteiger partial charge in [0.1, 0.15) is 0 Å². The number of halogens is 3. The van der Waals surface area contributed by atoms with Crippen molar-refractivity contribution < 1.29 is 27.8 Å². The van der Waals surface area contributed by atoms with Crippen molar-refractivity contribution >= 4 is 17.3 Å². The van der Waals surface area contributed by atoms with E-state index in [4.69, 9.17) is 14.6 Å². The van der Waals surface area contributed by atoms with Crippen molar-refractivity contribution in [3.63, 3.8) is 0 Å². The van der Waals surface area contributed by atoms with Gasteiger partial charge in [0, 0.05) is 48.6 Å². The fourth-order valence-electron chi connectivity index (χ4n) is 3.97. The van der Waals surface area contributed by atoms with Gasteiger partial charge in [-0.2, -0.15) is 18.3 Å². The minimum Gasteiger partial charge on any atom is -0.475 e. The number of thiophene rings is 1. The smallest absolute Gasteiger partial charge is 0.475 e. The average Bonchev–Trinajstić information content (AvgIpc) is 3.38. The molecule has 0 aliphatic carbocycles. The first-order valence-corrected chi connectivity index (χ1v) is 10.6. The lowest BCUT2D eigenvalue weighted by Crippen LogP contribution is -2.43. The second-order valence-corrected chi connectivity index (χ2v) is 9.31. The molecule has 0 bridgehead atoms. The number of aliphatic carboxylic acids is 1. The molecule has 4 heterocycles. The van der Waals surface area contributed by atoms with Crippen LogP contribution in [0.4, 0.5) is 13.2 Å². The second-order valence-electron chi connectivity index (χ2n) is 7.93. The zero-order valence-corrected chi connectivity index (χ0v) is 17.8. The molecule has 6 nitrogen and oxygen atoms in total. The summed E-state index contributed by atoms with van der Waals surface area (Å²) in [5, 5.41) is 11.4. The van der Waals surface area contributed by atoms with Crippen LogP contribution in [0.25, 0.3) is 0 Å². The highest BCUT2D eigenvalue weighted by Crippen LogP contribution is 2.42. The molecule has 2 aromatic heterocycles. The monoisotopic (exact) mass is 445 g/mol. The quantitative estimate of drug-likeness (QED) is 0.775. The Kier molecular flexibility index (Phi) is 6.88. The van der Waals surface area contributed by atoms with E-state index in [0.29, 0.717) is 5.92 Å². The highest BCUT2D eigenvalue weighted by atomic mass is 32.1. The summed E-state index contributed by atoms with van der Waals surface area (Å²) < 4.78 is 39.9. The SMILES string of the molecule is Cc1ccc(CN2CCC3(CC2)CC(c2cnn(C)c2)CO3)s1.O=C(O)C(F)(F)F. The number of alkyl halides is 3. The molecule has 2 aromatic rings. The Morgan fingerprint density at radius 2 is 2.03 bits per heavy atom. The van der Waals surface area contributed by atoms with Crippen molar-refractivity contribution in [2.45, 2.75) is 50.4 Å². The van der Waals surface area contributed by atoms with Gasteiger partial charge in [-0.1, -0.05) is 0 Å². The normalized spacial score (nSPS) is 21.4. The number of aromatic nitrogens is 2. The first-order valence-electron chi connectivity index (χ1n) is 9.77. The molecule has 0 amide bonds. The Morgan fingerprint density at radius 1 is 1.37 bits per heavy atom. The van der Waals surface area contributed by atoms with E-state index in [1.165, 1.54) is 15.3 Å². The summed E-state index contributed by atoms with van der Waals surface area (Å²) >= 11 is 1.92. The lowest BCUT2D eigenvalue weighted by Gasteiger charge is -2.38. The van der Waals surface area contributed by atoms with E-state index in [2.05, 4.69) is 35.3 Å². The molecule has 1 spiro atoms. The Bertz CT molecular complexity index is 857. The fourth-order valence-corrected chi connectivity index (χ4v) is 4.90. The van der Waals surface area contributed by atoms with Crippen LogP contribution in [-0.4, -0.2) is 57.2 Å². The number of hydrogen-bond acceptors (Lipinski definition) is 5. The van der Waals surface area contributed by atoms with Crippen LogP contribution in [0.3, 0.4) is 0 Å². The third-order valence-corrected chi connectivity index (χ3v) is 6.58. The number of ether oxygens (including phenoxy) is 1. The number of carbonyl (C=O) groups is 1. The molecule has 2 aliphatic rings. The number of carboxylic acid groups (broad SMARTS) is 1. The number of nitrogens with zero attached hydrogens (tertiary/aromatic N) is 3. The third-order valence-electron chi connectivity index (χ3n) is 5.59. The maximum atomic E-state index is 10.6. The van der Waals surface area contributed by atoms with Crippen LogP contribution in [0.5, 0.6) is 0 Å². The predicted molar refractivity (Wildman–Crippen MR) is 107 cm³/mol. The van der Waals surface area contributed by atoms with Gasteiger partial charge in [0.05, 0.1) is 18.4 Å². The summed E-state index contributed by atoms with van der Waals surface area (Å²) in [5.41, 5.74) is 1.45. The van der Waals surface area contributed by atoms with Crippen molar-refractivity contribution in [3.8, 4) is 0 Å². The van der Waals surface area contributed by atoms with Gasteiger partial charge >= 0.3 is 12.1 Å². The van der Waals surface area contributed by atoms with E-state index < -0.39 is 12.1 Å². The minimum absolute atomic E-state index is 0.113. The molecule has 1 atom stereocenters. The maximum absolute atomic E-state index is 10.6. The van der Waals surface area contributed by atoms with Crippen molar-refractivity contribution in [1.29, 1.82) is 0 Å². The Hall–Kier alpha value is -1.91. The van der Waals surface area contributed by atoms with Crippen LogP contribution in [0.1, 0.15) is 40.5 Å². The maximum Gasteiger partial charge on any atom is 0.490 e. The number of hydrogen-bond donors (Lipinski definition) is 1. The number of carboxylic acids is 1. The van der Waals surface area contributed by atoms with E-state index in [1.54, 1.807) is 0 Å². The highest BCUT2D eigenvalue weighted by molar-refractivity contribution is 7.11. The molecule has 0 aromatic carbocycles. The van der Waals surface area contributed by atoms with Crippen molar-refractivity contribution in [2.75, 3.05) is 19.7 Å². The first-order chi connectivity index (χ1) is 14.1. The van der Waals surface area contributed by atoms with Gasteiger partial charge in [-0.05, 0) is 43.9 Å². The number of rotatable bonds is 3. The molecule has 10 heteroatoms. The van der Waals surface area contributed by atoms with Gasteiger partial charge in [-0.3, -0.25) is 9.58 Å². The summed E-state index contributed by atoms with van der Waals surface area (Å²) in [6.07, 6.45) is 2.54.